The smallest absolute Gasteiger partial charge is 0.329 e. The van der Waals surface area contributed by atoms with E-state index in [1.807, 2.05) is 19.1 Å². The molecule has 0 saturated carbocycles. The maximum absolute atomic E-state index is 14.0. The van der Waals surface area contributed by atoms with Crippen LogP contribution in [-0.4, -0.2) is 30.0 Å². The standard InChI is InChI=1S/C27H23BrN2O5/c1-15-8-6-7-11-19(15)30-24(31)21-22(25(30)32)27(26(33)34,16-9-4-3-5-10-16)29-23(21)18-14-17(28)12-13-20(18)35-2/h3-14,21-23,29H,1-2H3,(H,33,34). The molecule has 0 aromatic heterocycles. The number of rotatable bonds is 5. The average Bonchev–Trinajstić information content (AvgIpc) is 3.35. The number of methoxy groups -OCH3 is 1. The summed E-state index contributed by atoms with van der Waals surface area (Å²) < 4.78 is 6.31. The largest absolute Gasteiger partial charge is 0.496 e. The molecule has 4 atom stereocenters. The summed E-state index contributed by atoms with van der Waals surface area (Å²) in [5.74, 6) is -3.82. The van der Waals surface area contributed by atoms with Gasteiger partial charge in [0.25, 0.3) is 0 Å². The number of hydrogen-bond acceptors (Lipinski definition) is 5. The van der Waals surface area contributed by atoms with Crippen LogP contribution in [0.25, 0.3) is 0 Å². The first-order chi connectivity index (χ1) is 16.8. The van der Waals surface area contributed by atoms with Gasteiger partial charge in [0, 0.05) is 16.1 Å². The minimum atomic E-state index is -1.81. The van der Waals surface area contributed by atoms with Crippen LogP contribution in [0.4, 0.5) is 5.69 Å². The Hall–Kier alpha value is -3.49. The van der Waals surface area contributed by atoms with E-state index in [1.165, 1.54) is 7.11 Å². The fraction of sp³-hybridized carbons (Fsp3) is 0.222. The number of halogens is 1. The number of carbonyl (C=O) groups is 3. The first-order valence-electron chi connectivity index (χ1n) is 11.1. The van der Waals surface area contributed by atoms with Crippen molar-refractivity contribution in [1.29, 1.82) is 0 Å². The average molecular weight is 535 g/mol. The van der Waals surface area contributed by atoms with Gasteiger partial charge in [-0.15, -0.1) is 0 Å². The Kier molecular flexibility index (Phi) is 5.73. The number of amides is 2. The zero-order chi connectivity index (χ0) is 24.9. The molecule has 3 aromatic carbocycles. The maximum Gasteiger partial charge on any atom is 0.329 e. The molecule has 7 nitrogen and oxygen atoms in total. The Labute approximate surface area is 210 Å². The van der Waals surface area contributed by atoms with Crippen molar-refractivity contribution >= 4 is 39.4 Å². The summed E-state index contributed by atoms with van der Waals surface area (Å²) in [5.41, 5.74) is 0.410. The van der Waals surface area contributed by atoms with E-state index < -0.39 is 41.2 Å². The van der Waals surface area contributed by atoms with Crippen LogP contribution in [0.5, 0.6) is 5.75 Å². The second-order valence-electron chi connectivity index (χ2n) is 8.79. The van der Waals surface area contributed by atoms with Gasteiger partial charge in [0.15, 0.2) is 5.54 Å². The van der Waals surface area contributed by atoms with E-state index in [1.54, 1.807) is 60.7 Å². The molecule has 178 valence electrons. The van der Waals surface area contributed by atoms with E-state index in [0.717, 1.165) is 14.9 Å². The van der Waals surface area contributed by atoms with Crippen molar-refractivity contribution in [2.24, 2.45) is 11.8 Å². The summed E-state index contributed by atoms with van der Waals surface area (Å²) in [6, 6.07) is 20.3. The SMILES string of the molecule is COc1ccc(Br)cc1C1NC(C(=O)O)(c2ccccc2)C2C(=O)N(c3ccccc3C)C(=O)C12. The van der Waals surface area contributed by atoms with Crippen molar-refractivity contribution in [1.82, 2.24) is 5.32 Å². The van der Waals surface area contributed by atoms with Crippen LogP contribution in [0.2, 0.25) is 0 Å². The van der Waals surface area contributed by atoms with Gasteiger partial charge in [0.1, 0.15) is 5.75 Å². The molecule has 4 unspecified atom stereocenters. The van der Waals surface area contributed by atoms with Crippen LogP contribution < -0.4 is 15.0 Å². The summed E-state index contributed by atoms with van der Waals surface area (Å²) >= 11 is 3.47. The van der Waals surface area contributed by atoms with E-state index in [-0.39, 0.29) is 0 Å². The Balaban J connectivity index is 1.76. The lowest BCUT2D eigenvalue weighted by Gasteiger charge is -2.32. The van der Waals surface area contributed by atoms with Gasteiger partial charge in [-0.2, -0.15) is 0 Å². The maximum atomic E-state index is 14.0. The molecule has 2 heterocycles. The van der Waals surface area contributed by atoms with Crippen molar-refractivity contribution in [3.05, 3.63) is 94.0 Å². The molecule has 2 saturated heterocycles. The number of carboxylic acid groups (broad SMARTS) is 1. The van der Waals surface area contributed by atoms with Crippen LogP contribution in [0.3, 0.4) is 0 Å². The quantitative estimate of drug-likeness (QED) is 0.476. The third kappa shape index (κ3) is 3.39. The number of aliphatic carboxylic acids is 1. The number of fused-ring (bicyclic) bond motifs is 1. The molecule has 2 fully saturated rings. The van der Waals surface area contributed by atoms with Gasteiger partial charge in [-0.1, -0.05) is 64.5 Å². The number of nitrogens with one attached hydrogen (secondary N) is 1. The van der Waals surface area contributed by atoms with E-state index >= 15 is 0 Å². The molecule has 2 N–H and O–H groups in total. The summed E-state index contributed by atoms with van der Waals surface area (Å²) in [6.45, 7) is 1.82. The molecule has 2 aliphatic rings. The van der Waals surface area contributed by atoms with Gasteiger partial charge in [0.2, 0.25) is 11.8 Å². The summed E-state index contributed by atoms with van der Waals surface area (Å²) in [4.78, 5) is 42.2. The normalized spacial score (nSPS) is 25.6. The molecule has 5 rings (SSSR count). The summed E-state index contributed by atoms with van der Waals surface area (Å²) in [7, 11) is 1.52. The zero-order valence-corrected chi connectivity index (χ0v) is 20.7. The third-order valence-electron chi connectivity index (χ3n) is 7.01. The zero-order valence-electron chi connectivity index (χ0n) is 19.1. The highest BCUT2D eigenvalue weighted by Crippen LogP contribution is 2.55. The fourth-order valence-electron chi connectivity index (χ4n) is 5.46. The topological polar surface area (TPSA) is 95.9 Å². The van der Waals surface area contributed by atoms with Gasteiger partial charge >= 0.3 is 5.97 Å². The number of imide groups is 1. The van der Waals surface area contributed by atoms with Gasteiger partial charge in [0.05, 0.1) is 24.6 Å². The van der Waals surface area contributed by atoms with E-state index in [0.29, 0.717) is 22.6 Å². The second-order valence-corrected chi connectivity index (χ2v) is 9.70. The van der Waals surface area contributed by atoms with Gasteiger partial charge in [-0.25, -0.2) is 9.69 Å². The Bertz CT molecular complexity index is 1340. The molecule has 0 radical (unpaired) electrons. The van der Waals surface area contributed by atoms with Gasteiger partial charge in [-0.3, -0.25) is 14.9 Å². The van der Waals surface area contributed by atoms with Crippen molar-refractivity contribution in [3.63, 3.8) is 0 Å². The van der Waals surface area contributed by atoms with Crippen molar-refractivity contribution in [2.45, 2.75) is 18.5 Å². The minimum absolute atomic E-state index is 0.409. The second kappa shape index (κ2) is 8.62. The first-order valence-corrected chi connectivity index (χ1v) is 11.9. The molecule has 2 aliphatic heterocycles. The van der Waals surface area contributed by atoms with Crippen molar-refractivity contribution in [3.8, 4) is 5.75 Å². The molecule has 3 aromatic rings. The molecule has 0 aliphatic carbocycles. The van der Waals surface area contributed by atoms with Crippen LogP contribution in [0.15, 0.2) is 77.3 Å². The molecule has 35 heavy (non-hydrogen) atoms. The summed E-state index contributed by atoms with van der Waals surface area (Å²) in [6.07, 6.45) is 0. The fourth-order valence-corrected chi connectivity index (χ4v) is 5.84. The molecular weight excluding hydrogens is 512 g/mol. The molecular formula is C27H23BrN2O5. The lowest BCUT2D eigenvalue weighted by molar-refractivity contribution is -0.149. The Morgan fingerprint density at radius 1 is 1.03 bits per heavy atom. The summed E-state index contributed by atoms with van der Waals surface area (Å²) in [5, 5.41) is 13.9. The highest BCUT2D eigenvalue weighted by atomic mass is 79.9. The lowest BCUT2D eigenvalue weighted by Crippen LogP contribution is -2.53. The first kappa shape index (κ1) is 23.3. The number of nitrogens with zero attached hydrogens (tertiary/aromatic N) is 1. The number of benzene rings is 3. The predicted molar refractivity (Wildman–Crippen MR) is 133 cm³/mol. The lowest BCUT2D eigenvalue weighted by atomic mass is 9.75. The highest BCUT2D eigenvalue weighted by Gasteiger charge is 2.69. The van der Waals surface area contributed by atoms with Crippen LogP contribution in [0.1, 0.15) is 22.7 Å². The van der Waals surface area contributed by atoms with E-state index in [9.17, 15) is 19.5 Å². The minimum Gasteiger partial charge on any atom is -0.496 e. The number of aryl methyl sites for hydroxylation is 1. The number of para-hydroxylation sites is 1. The molecule has 0 spiro atoms. The van der Waals surface area contributed by atoms with E-state index in [2.05, 4.69) is 21.2 Å². The number of ether oxygens (including phenoxy) is 1. The van der Waals surface area contributed by atoms with Crippen LogP contribution >= 0.6 is 15.9 Å². The van der Waals surface area contributed by atoms with Crippen molar-refractivity contribution in [2.75, 3.05) is 12.0 Å². The molecule has 0 bridgehead atoms. The number of anilines is 1. The monoisotopic (exact) mass is 534 g/mol. The van der Waals surface area contributed by atoms with Crippen LogP contribution in [0, 0.1) is 18.8 Å². The van der Waals surface area contributed by atoms with Crippen molar-refractivity contribution < 1.29 is 24.2 Å². The van der Waals surface area contributed by atoms with Gasteiger partial charge < -0.3 is 9.84 Å². The predicted octanol–water partition coefficient (Wildman–Crippen LogP) is 4.20. The Morgan fingerprint density at radius 3 is 2.37 bits per heavy atom. The third-order valence-corrected chi connectivity index (χ3v) is 7.50. The molecule has 8 heteroatoms. The number of hydrogen-bond donors (Lipinski definition) is 2. The highest BCUT2D eigenvalue weighted by molar-refractivity contribution is 9.10. The van der Waals surface area contributed by atoms with Gasteiger partial charge in [-0.05, 0) is 42.3 Å². The number of carbonyl (C=O) groups excluding carboxylic acids is 2. The Morgan fingerprint density at radius 2 is 1.71 bits per heavy atom. The van der Waals surface area contributed by atoms with Crippen LogP contribution in [-0.2, 0) is 19.9 Å². The number of carboxylic acids is 1. The molecule has 2 amide bonds. The van der Waals surface area contributed by atoms with E-state index in [4.69, 9.17) is 4.74 Å².